The molecule has 1 N–H and O–H groups in total. The number of anilines is 2. The summed E-state index contributed by atoms with van der Waals surface area (Å²) in [4.78, 5) is 26.1. The first-order chi connectivity index (χ1) is 18.4. The van der Waals surface area contributed by atoms with Crippen molar-refractivity contribution in [1.82, 2.24) is 5.16 Å². The van der Waals surface area contributed by atoms with Crippen LogP contribution in [0.1, 0.15) is 36.6 Å². The summed E-state index contributed by atoms with van der Waals surface area (Å²) in [6.45, 7) is 3.66. The SMILES string of the molecule is CCOC(=O)N(c1ccc(C#N)cc1)c1c(C)noc1-c1ccc(-c2ccc(C3(C(=O)O)CC3)cc2)cc1. The van der Waals surface area contributed by atoms with Crippen molar-refractivity contribution in [3.05, 3.63) is 89.6 Å². The van der Waals surface area contributed by atoms with Crippen molar-refractivity contribution in [3.63, 3.8) is 0 Å². The molecule has 0 bridgehead atoms. The van der Waals surface area contributed by atoms with Crippen LogP contribution in [0.25, 0.3) is 22.5 Å². The van der Waals surface area contributed by atoms with Gasteiger partial charge in [0.15, 0.2) is 5.76 Å². The van der Waals surface area contributed by atoms with E-state index in [1.165, 1.54) is 4.90 Å². The Morgan fingerprint density at radius 1 is 1.00 bits per heavy atom. The normalized spacial score (nSPS) is 13.4. The maximum Gasteiger partial charge on any atom is 0.419 e. The number of rotatable bonds is 7. The second-order valence-electron chi connectivity index (χ2n) is 9.18. The molecule has 0 radical (unpaired) electrons. The molecular formula is C30H25N3O5. The number of benzene rings is 3. The molecule has 1 heterocycles. The van der Waals surface area contributed by atoms with Crippen molar-refractivity contribution in [2.24, 2.45) is 0 Å². The summed E-state index contributed by atoms with van der Waals surface area (Å²) >= 11 is 0. The first-order valence-electron chi connectivity index (χ1n) is 12.3. The Balaban J connectivity index is 1.47. The van der Waals surface area contributed by atoms with E-state index in [2.05, 4.69) is 11.2 Å². The van der Waals surface area contributed by atoms with Crippen LogP contribution < -0.4 is 4.90 Å². The quantitative estimate of drug-likeness (QED) is 0.299. The van der Waals surface area contributed by atoms with Crippen LogP contribution in [0.4, 0.5) is 16.2 Å². The van der Waals surface area contributed by atoms with Crippen LogP contribution in [-0.4, -0.2) is 28.9 Å². The average molecular weight is 508 g/mol. The van der Waals surface area contributed by atoms with Crippen LogP contribution in [0.2, 0.25) is 0 Å². The number of nitrogens with zero attached hydrogens (tertiary/aromatic N) is 3. The van der Waals surface area contributed by atoms with Gasteiger partial charge in [-0.3, -0.25) is 4.79 Å². The number of aliphatic carboxylic acids is 1. The van der Waals surface area contributed by atoms with Crippen molar-refractivity contribution in [3.8, 4) is 28.5 Å². The predicted octanol–water partition coefficient (Wildman–Crippen LogP) is 6.60. The molecule has 1 amide bonds. The van der Waals surface area contributed by atoms with Gasteiger partial charge in [0.2, 0.25) is 0 Å². The lowest BCUT2D eigenvalue weighted by atomic mass is 9.93. The van der Waals surface area contributed by atoms with Crippen molar-refractivity contribution in [2.45, 2.75) is 32.1 Å². The highest BCUT2D eigenvalue weighted by molar-refractivity contribution is 6.00. The minimum atomic E-state index is -0.773. The number of carbonyl (C=O) groups excluding carboxylic acids is 1. The van der Waals surface area contributed by atoms with Gasteiger partial charge in [-0.25, -0.2) is 9.69 Å². The largest absolute Gasteiger partial charge is 0.481 e. The fourth-order valence-corrected chi connectivity index (χ4v) is 4.56. The van der Waals surface area contributed by atoms with Crippen LogP contribution >= 0.6 is 0 Å². The first kappa shape index (κ1) is 24.8. The molecule has 1 aliphatic rings. The van der Waals surface area contributed by atoms with Crippen molar-refractivity contribution >= 4 is 23.4 Å². The Morgan fingerprint density at radius 2 is 1.58 bits per heavy atom. The molecule has 1 aromatic heterocycles. The summed E-state index contributed by atoms with van der Waals surface area (Å²) in [5.41, 5.74) is 4.66. The van der Waals surface area contributed by atoms with E-state index in [4.69, 9.17) is 14.5 Å². The Bertz CT molecular complexity index is 1530. The van der Waals surface area contributed by atoms with E-state index in [-0.39, 0.29) is 6.61 Å². The molecule has 0 spiro atoms. The molecule has 1 fully saturated rings. The van der Waals surface area contributed by atoms with Crippen LogP contribution in [0.3, 0.4) is 0 Å². The lowest BCUT2D eigenvalue weighted by Crippen LogP contribution is -2.27. The maximum absolute atomic E-state index is 13.0. The van der Waals surface area contributed by atoms with Crippen molar-refractivity contribution in [2.75, 3.05) is 11.5 Å². The Hall–Kier alpha value is -4.90. The number of nitriles is 1. The summed E-state index contributed by atoms with van der Waals surface area (Å²) in [5, 5.41) is 22.8. The summed E-state index contributed by atoms with van der Waals surface area (Å²) in [6.07, 6.45) is 0.748. The van der Waals surface area contributed by atoms with Gasteiger partial charge in [0.25, 0.3) is 0 Å². The molecular weight excluding hydrogens is 482 g/mol. The van der Waals surface area contributed by atoms with Gasteiger partial charge in [0.1, 0.15) is 11.4 Å². The third-order valence-corrected chi connectivity index (χ3v) is 6.84. The minimum Gasteiger partial charge on any atom is -0.481 e. The zero-order chi connectivity index (χ0) is 26.9. The van der Waals surface area contributed by atoms with E-state index in [1.54, 1.807) is 38.1 Å². The molecule has 1 aliphatic carbocycles. The van der Waals surface area contributed by atoms with E-state index >= 15 is 0 Å². The van der Waals surface area contributed by atoms with Gasteiger partial charge in [0, 0.05) is 5.56 Å². The van der Waals surface area contributed by atoms with Gasteiger partial charge in [-0.2, -0.15) is 5.26 Å². The number of aromatic nitrogens is 1. The first-order valence-corrected chi connectivity index (χ1v) is 12.3. The van der Waals surface area contributed by atoms with E-state index < -0.39 is 17.5 Å². The van der Waals surface area contributed by atoms with Crippen LogP contribution in [0, 0.1) is 18.3 Å². The molecule has 0 saturated heterocycles. The smallest absolute Gasteiger partial charge is 0.419 e. The summed E-state index contributed by atoms with van der Waals surface area (Å²) in [6, 6.07) is 24.0. The molecule has 38 heavy (non-hydrogen) atoms. The maximum atomic E-state index is 13.0. The summed E-state index contributed by atoms with van der Waals surface area (Å²) in [5.74, 6) is -0.371. The zero-order valence-corrected chi connectivity index (χ0v) is 21.0. The van der Waals surface area contributed by atoms with Crippen LogP contribution in [0.5, 0.6) is 0 Å². The summed E-state index contributed by atoms with van der Waals surface area (Å²) < 4.78 is 11.0. The molecule has 190 valence electrons. The number of carboxylic acid groups (broad SMARTS) is 1. The molecule has 1 saturated carbocycles. The molecule has 0 aliphatic heterocycles. The summed E-state index contributed by atoms with van der Waals surface area (Å²) in [7, 11) is 0. The number of hydrogen-bond donors (Lipinski definition) is 1. The van der Waals surface area contributed by atoms with Crippen LogP contribution in [0.15, 0.2) is 77.3 Å². The van der Waals surface area contributed by atoms with E-state index in [0.29, 0.717) is 46.8 Å². The predicted molar refractivity (Wildman–Crippen MR) is 141 cm³/mol. The number of hydrogen-bond acceptors (Lipinski definition) is 6. The zero-order valence-electron chi connectivity index (χ0n) is 21.0. The van der Waals surface area contributed by atoms with E-state index in [9.17, 15) is 14.7 Å². The second kappa shape index (κ2) is 9.87. The standard InChI is InChI=1S/C30H25N3O5/c1-3-37-29(36)33(25-14-4-20(18-31)5-15-25)26-19(2)32-38-27(26)23-8-6-21(7-9-23)22-10-12-24(13-11-22)30(16-17-30)28(34)35/h4-15H,3,16-17H2,1-2H3,(H,34,35). The number of amides is 1. The highest BCUT2D eigenvalue weighted by Crippen LogP contribution is 2.48. The molecule has 3 aromatic carbocycles. The third kappa shape index (κ3) is 4.39. The highest BCUT2D eigenvalue weighted by Gasteiger charge is 2.51. The number of carbonyl (C=O) groups is 2. The fraction of sp³-hybridized carbons (Fsp3) is 0.200. The Morgan fingerprint density at radius 3 is 2.11 bits per heavy atom. The van der Waals surface area contributed by atoms with E-state index in [0.717, 1.165) is 16.7 Å². The van der Waals surface area contributed by atoms with Gasteiger partial charge in [-0.05, 0) is 67.6 Å². The number of aryl methyl sites for hydroxylation is 1. The molecule has 8 nitrogen and oxygen atoms in total. The van der Waals surface area contributed by atoms with Crippen LogP contribution in [-0.2, 0) is 14.9 Å². The monoisotopic (exact) mass is 507 g/mol. The Kier molecular flexibility index (Phi) is 6.43. The van der Waals surface area contributed by atoms with E-state index in [1.807, 2.05) is 48.5 Å². The molecule has 8 heteroatoms. The highest BCUT2D eigenvalue weighted by atomic mass is 16.6. The third-order valence-electron chi connectivity index (χ3n) is 6.84. The van der Waals surface area contributed by atoms with Gasteiger partial charge in [-0.15, -0.1) is 0 Å². The number of ether oxygens (including phenoxy) is 1. The second-order valence-corrected chi connectivity index (χ2v) is 9.18. The van der Waals surface area contributed by atoms with Gasteiger partial charge in [0.05, 0.1) is 29.3 Å². The molecule has 5 rings (SSSR count). The average Bonchev–Trinajstić information content (AvgIpc) is 3.68. The topological polar surface area (TPSA) is 117 Å². The van der Waals surface area contributed by atoms with Crippen molar-refractivity contribution < 1.29 is 24.0 Å². The molecule has 0 atom stereocenters. The fourth-order valence-electron chi connectivity index (χ4n) is 4.56. The number of carboxylic acids is 1. The minimum absolute atomic E-state index is 0.187. The van der Waals surface area contributed by atoms with Gasteiger partial charge in [-0.1, -0.05) is 53.7 Å². The van der Waals surface area contributed by atoms with Gasteiger partial charge >= 0.3 is 12.1 Å². The lowest BCUT2D eigenvalue weighted by Gasteiger charge is -2.22. The Labute approximate surface area is 219 Å². The van der Waals surface area contributed by atoms with Gasteiger partial charge < -0.3 is 14.4 Å². The lowest BCUT2D eigenvalue weighted by molar-refractivity contribution is -0.140. The van der Waals surface area contributed by atoms with Crippen molar-refractivity contribution in [1.29, 1.82) is 5.26 Å². The molecule has 4 aromatic rings. The molecule has 0 unspecified atom stereocenters.